The van der Waals surface area contributed by atoms with E-state index in [1.165, 1.54) is 7.11 Å². The minimum absolute atomic E-state index is 0.288. The molecular weight excluding hydrogens is 318 g/mol. The number of methoxy groups -OCH3 is 1. The van der Waals surface area contributed by atoms with Gasteiger partial charge in [-0.15, -0.1) is 0 Å². The molecule has 2 atom stereocenters. The lowest BCUT2D eigenvalue weighted by molar-refractivity contribution is -0.145. The molecule has 0 spiro atoms. The molecule has 0 unspecified atom stereocenters. The highest BCUT2D eigenvalue weighted by molar-refractivity contribution is 5.87. The van der Waals surface area contributed by atoms with Crippen molar-refractivity contribution in [3.8, 4) is 0 Å². The Bertz CT molecular complexity index is 775. The van der Waals surface area contributed by atoms with Gasteiger partial charge in [0.1, 0.15) is 6.04 Å². The first-order chi connectivity index (χ1) is 11.8. The molecule has 2 rings (SSSR count). The molecule has 25 heavy (non-hydrogen) atoms. The van der Waals surface area contributed by atoms with Gasteiger partial charge >= 0.3 is 5.97 Å². The van der Waals surface area contributed by atoms with E-state index >= 15 is 0 Å². The molecule has 0 aliphatic rings. The molecule has 0 radical (unpaired) electrons. The van der Waals surface area contributed by atoms with Gasteiger partial charge in [-0.2, -0.15) is 5.10 Å². The predicted molar refractivity (Wildman–Crippen MR) is 95.2 cm³/mol. The van der Waals surface area contributed by atoms with Crippen molar-refractivity contribution < 1.29 is 14.3 Å². The number of carbonyl (C=O) groups excluding carboxylic acids is 2. The fraction of sp³-hybridized carbons (Fsp3) is 0.421. The lowest BCUT2D eigenvalue weighted by Gasteiger charge is -2.23. The number of carbonyl (C=O) groups is 2. The van der Waals surface area contributed by atoms with E-state index in [2.05, 4.69) is 10.4 Å². The first-order valence-corrected chi connectivity index (χ1v) is 8.23. The van der Waals surface area contributed by atoms with Crippen LogP contribution in [0.15, 0.2) is 24.3 Å². The number of aromatic nitrogens is 2. The molecule has 0 bridgehead atoms. The van der Waals surface area contributed by atoms with Gasteiger partial charge < -0.3 is 10.1 Å². The summed E-state index contributed by atoms with van der Waals surface area (Å²) in [7, 11) is 1.32. The smallest absolute Gasteiger partial charge is 0.333 e. The number of ether oxygens (including phenoxy) is 1. The van der Waals surface area contributed by atoms with Gasteiger partial charge in [0.25, 0.3) is 0 Å². The maximum atomic E-state index is 12.8. The highest BCUT2D eigenvalue weighted by Crippen LogP contribution is 2.24. The van der Waals surface area contributed by atoms with E-state index in [0.717, 1.165) is 28.1 Å². The summed E-state index contributed by atoms with van der Waals surface area (Å²) < 4.78 is 6.57. The van der Waals surface area contributed by atoms with E-state index < -0.39 is 18.1 Å². The van der Waals surface area contributed by atoms with Crippen molar-refractivity contribution >= 4 is 11.9 Å². The van der Waals surface area contributed by atoms with Crippen LogP contribution in [0.4, 0.5) is 0 Å². The summed E-state index contributed by atoms with van der Waals surface area (Å²) in [6.07, 6.45) is 0. The van der Waals surface area contributed by atoms with Crippen LogP contribution < -0.4 is 5.32 Å². The first-order valence-electron chi connectivity index (χ1n) is 8.23. The van der Waals surface area contributed by atoms with Crippen LogP contribution in [0.2, 0.25) is 0 Å². The maximum absolute atomic E-state index is 12.8. The molecule has 6 nitrogen and oxygen atoms in total. The van der Waals surface area contributed by atoms with Crippen LogP contribution in [-0.2, 0) is 14.3 Å². The van der Waals surface area contributed by atoms with E-state index in [4.69, 9.17) is 4.74 Å². The lowest BCUT2D eigenvalue weighted by atomic mass is 9.96. The summed E-state index contributed by atoms with van der Waals surface area (Å²) in [6.45, 7) is 9.35. The molecule has 0 aliphatic carbocycles. The van der Waals surface area contributed by atoms with Gasteiger partial charge in [-0.3, -0.25) is 9.48 Å². The normalized spacial score (nSPS) is 13.2. The summed E-state index contributed by atoms with van der Waals surface area (Å²) in [6, 6.07) is 6.27. The molecule has 1 N–H and O–H groups in total. The molecule has 2 aromatic rings. The van der Waals surface area contributed by atoms with E-state index in [-0.39, 0.29) is 5.91 Å². The predicted octanol–water partition coefficient (Wildman–Crippen LogP) is 2.71. The minimum atomic E-state index is -0.849. The van der Waals surface area contributed by atoms with Crippen LogP contribution in [-0.4, -0.2) is 28.8 Å². The zero-order valence-corrected chi connectivity index (χ0v) is 15.6. The molecule has 6 heteroatoms. The lowest BCUT2D eigenvalue weighted by Crippen LogP contribution is -2.39. The molecule has 0 fully saturated rings. The number of nitrogens with one attached hydrogen (secondary N) is 1. The van der Waals surface area contributed by atoms with Crippen molar-refractivity contribution in [2.24, 2.45) is 0 Å². The van der Waals surface area contributed by atoms with Crippen LogP contribution >= 0.6 is 0 Å². The Balaban J connectivity index is 2.33. The Kier molecular flexibility index (Phi) is 5.62. The SMILES string of the molecule is COC(=O)[C@H](NC(=O)[C@H](C)n1nc(C)cc1C)c1c(C)cccc1C. The van der Waals surface area contributed by atoms with Gasteiger partial charge in [0.05, 0.1) is 12.8 Å². The number of nitrogens with zero attached hydrogens (tertiary/aromatic N) is 2. The standard InChI is InChI=1S/C19H25N3O3/c1-11-8-7-9-12(2)16(11)17(19(24)25-6)20-18(23)15(5)22-14(4)10-13(3)21-22/h7-10,15,17H,1-6H3,(H,20,23)/t15-,17+/m0/s1. The summed E-state index contributed by atoms with van der Waals surface area (Å²) >= 11 is 0. The van der Waals surface area contributed by atoms with Crippen LogP contribution in [0.5, 0.6) is 0 Å². The van der Waals surface area contributed by atoms with Gasteiger partial charge in [0.2, 0.25) is 5.91 Å². The molecule has 134 valence electrons. The van der Waals surface area contributed by atoms with Crippen LogP contribution in [0.3, 0.4) is 0 Å². The Morgan fingerprint density at radius 3 is 2.24 bits per heavy atom. The monoisotopic (exact) mass is 343 g/mol. The van der Waals surface area contributed by atoms with Gasteiger partial charge in [-0.1, -0.05) is 18.2 Å². The Labute approximate surface area is 148 Å². The van der Waals surface area contributed by atoms with Crippen molar-refractivity contribution in [1.82, 2.24) is 15.1 Å². The summed E-state index contributed by atoms with van der Waals surface area (Å²) in [4.78, 5) is 25.1. The van der Waals surface area contributed by atoms with Gasteiger partial charge in [-0.25, -0.2) is 4.79 Å². The maximum Gasteiger partial charge on any atom is 0.333 e. The zero-order valence-electron chi connectivity index (χ0n) is 15.6. The largest absolute Gasteiger partial charge is 0.467 e. The van der Waals surface area contributed by atoms with Crippen molar-refractivity contribution in [1.29, 1.82) is 0 Å². The number of aryl methyl sites for hydroxylation is 4. The van der Waals surface area contributed by atoms with Crippen molar-refractivity contribution in [3.05, 3.63) is 52.3 Å². The van der Waals surface area contributed by atoms with Gasteiger partial charge in [-0.05, 0) is 57.4 Å². The van der Waals surface area contributed by atoms with E-state index in [0.29, 0.717) is 0 Å². The van der Waals surface area contributed by atoms with Crippen LogP contribution in [0, 0.1) is 27.7 Å². The third kappa shape index (κ3) is 3.90. The molecule has 1 heterocycles. The molecule has 1 aromatic heterocycles. The number of rotatable bonds is 5. The van der Waals surface area contributed by atoms with Crippen molar-refractivity contribution in [2.75, 3.05) is 7.11 Å². The Hall–Kier alpha value is -2.63. The number of hydrogen-bond acceptors (Lipinski definition) is 4. The Morgan fingerprint density at radius 1 is 1.16 bits per heavy atom. The fourth-order valence-electron chi connectivity index (χ4n) is 3.06. The third-order valence-corrected chi connectivity index (χ3v) is 4.35. The second kappa shape index (κ2) is 7.51. The second-order valence-electron chi connectivity index (χ2n) is 6.32. The Morgan fingerprint density at radius 2 is 1.76 bits per heavy atom. The third-order valence-electron chi connectivity index (χ3n) is 4.35. The molecule has 1 amide bonds. The highest BCUT2D eigenvalue weighted by atomic mass is 16.5. The molecule has 0 aliphatic heterocycles. The van der Waals surface area contributed by atoms with Crippen LogP contribution in [0.25, 0.3) is 0 Å². The summed E-state index contributed by atoms with van der Waals surface area (Å²) in [5.41, 5.74) is 4.35. The molecule has 0 saturated carbocycles. The number of benzene rings is 1. The van der Waals surface area contributed by atoms with E-state index in [1.807, 2.05) is 52.0 Å². The van der Waals surface area contributed by atoms with E-state index in [9.17, 15) is 9.59 Å². The quantitative estimate of drug-likeness (QED) is 0.847. The minimum Gasteiger partial charge on any atom is -0.467 e. The second-order valence-corrected chi connectivity index (χ2v) is 6.32. The van der Waals surface area contributed by atoms with Gasteiger partial charge in [0, 0.05) is 5.69 Å². The van der Waals surface area contributed by atoms with Gasteiger partial charge in [0.15, 0.2) is 6.04 Å². The average molecular weight is 343 g/mol. The molecular formula is C19H25N3O3. The average Bonchev–Trinajstić information content (AvgIpc) is 2.90. The molecule has 1 aromatic carbocycles. The highest BCUT2D eigenvalue weighted by Gasteiger charge is 2.29. The zero-order chi connectivity index (χ0) is 18.7. The fourth-order valence-corrected chi connectivity index (χ4v) is 3.06. The van der Waals surface area contributed by atoms with E-state index in [1.54, 1.807) is 11.6 Å². The topological polar surface area (TPSA) is 73.2 Å². The number of amides is 1. The summed E-state index contributed by atoms with van der Waals surface area (Å²) in [5, 5.41) is 7.18. The number of hydrogen-bond donors (Lipinski definition) is 1. The van der Waals surface area contributed by atoms with Crippen LogP contribution in [0.1, 0.15) is 47.1 Å². The van der Waals surface area contributed by atoms with Crippen molar-refractivity contribution in [2.45, 2.75) is 46.7 Å². The summed E-state index contributed by atoms with van der Waals surface area (Å²) in [5.74, 6) is -0.782. The van der Waals surface area contributed by atoms with Crippen molar-refractivity contribution in [3.63, 3.8) is 0 Å². The first kappa shape index (κ1) is 18.7. The molecule has 0 saturated heterocycles. The number of esters is 1.